The van der Waals surface area contributed by atoms with Crippen LogP contribution in [0, 0.1) is 0 Å². The second kappa shape index (κ2) is 4.57. The van der Waals surface area contributed by atoms with Crippen LogP contribution in [0.4, 0.5) is 0 Å². The quantitative estimate of drug-likeness (QED) is 0.814. The number of esters is 1. The average Bonchev–Trinajstić information content (AvgIpc) is 3.09. The summed E-state index contributed by atoms with van der Waals surface area (Å²) in [5.41, 5.74) is 1.73. The topological polar surface area (TPSA) is 75.2 Å². The molecule has 2 aromatic rings. The van der Waals surface area contributed by atoms with E-state index in [0.717, 1.165) is 23.8 Å². The minimum absolute atomic E-state index is 0.107. The number of benzene rings is 1. The van der Waals surface area contributed by atoms with Crippen LogP contribution in [0.2, 0.25) is 0 Å². The molecule has 0 radical (unpaired) electrons. The van der Waals surface area contributed by atoms with Crippen LogP contribution in [0.5, 0.6) is 5.75 Å². The summed E-state index contributed by atoms with van der Waals surface area (Å²) in [6.45, 7) is 0. The Hall–Kier alpha value is -2.04. The first kappa shape index (κ1) is 12.0. The maximum atomic E-state index is 11.7. The van der Waals surface area contributed by atoms with Gasteiger partial charge in [0.2, 0.25) is 0 Å². The summed E-state index contributed by atoms with van der Waals surface area (Å²) < 4.78 is 4.72. The summed E-state index contributed by atoms with van der Waals surface area (Å²) in [7, 11) is 1.31. The molecule has 1 saturated carbocycles. The van der Waals surface area contributed by atoms with Gasteiger partial charge in [-0.2, -0.15) is 5.10 Å². The normalized spacial score (nSPS) is 16.1. The van der Waals surface area contributed by atoms with Crippen LogP contribution in [-0.4, -0.2) is 28.4 Å². The molecule has 5 heteroatoms. The fourth-order valence-electron chi connectivity index (χ4n) is 2.96. The summed E-state index contributed by atoms with van der Waals surface area (Å²) in [5.74, 6) is -0.199. The number of hydrogen-bond donors (Lipinski definition) is 2. The van der Waals surface area contributed by atoms with Crippen molar-refractivity contribution in [1.82, 2.24) is 10.2 Å². The van der Waals surface area contributed by atoms with Crippen molar-refractivity contribution >= 4 is 16.9 Å². The minimum atomic E-state index is -0.526. The van der Waals surface area contributed by atoms with E-state index < -0.39 is 5.97 Å². The molecular weight excluding hydrogens is 244 g/mol. The first-order chi connectivity index (χ1) is 9.22. The highest BCUT2D eigenvalue weighted by atomic mass is 16.5. The molecule has 0 unspecified atom stereocenters. The lowest BCUT2D eigenvalue weighted by Crippen LogP contribution is -2.04. The molecule has 1 fully saturated rings. The van der Waals surface area contributed by atoms with E-state index in [4.69, 9.17) is 4.74 Å². The molecule has 1 aliphatic carbocycles. The van der Waals surface area contributed by atoms with Crippen molar-refractivity contribution in [1.29, 1.82) is 0 Å². The number of phenols is 1. The van der Waals surface area contributed by atoms with Gasteiger partial charge in [0, 0.05) is 11.6 Å². The van der Waals surface area contributed by atoms with Crippen molar-refractivity contribution in [3.63, 3.8) is 0 Å². The Morgan fingerprint density at radius 2 is 2.21 bits per heavy atom. The van der Waals surface area contributed by atoms with Gasteiger partial charge in [0.25, 0.3) is 0 Å². The number of aromatic nitrogens is 2. The molecule has 2 N–H and O–H groups in total. The number of fused-ring (bicyclic) bond motifs is 1. The highest BCUT2D eigenvalue weighted by molar-refractivity contribution is 6.01. The van der Waals surface area contributed by atoms with Gasteiger partial charge in [0.05, 0.1) is 7.11 Å². The van der Waals surface area contributed by atoms with Gasteiger partial charge in [-0.15, -0.1) is 0 Å². The van der Waals surface area contributed by atoms with E-state index in [1.807, 2.05) is 0 Å². The van der Waals surface area contributed by atoms with Gasteiger partial charge in [-0.05, 0) is 30.4 Å². The highest BCUT2D eigenvalue weighted by Crippen LogP contribution is 2.40. The predicted molar refractivity (Wildman–Crippen MR) is 70.3 cm³/mol. The minimum Gasteiger partial charge on any atom is -0.505 e. The van der Waals surface area contributed by atoms with Gasteiger partial charge in [-0.1, -0.05) is 12.8 Å². The summed E-state index contributed by atoms with van der Waals surface area (Å²) >= 11 is 0. The van der Waals surface area contributed by atoms with Gasteiger partial charge in [-0.25, -0.2) is 4.79 Å². The van der Waals surface area contributed by atoms with Crippen LogP contribution in [0.3, 0.4) is 0 Å². The van der Waals surface area contributed by atoms with Crippen molar-refractivity contribution < 1.29 is 14.6 Å². The fraction of sp³-hybridized carbons (Fsp3) is 0.429. The van der Waals surface area contributed by atoms with Gasteiger partial charge >= 0.3 is 5.97 Å². The van der Waals surface area contributed by atoms with Crippen LogP contribution in [0.25, 0.3) is 10.9 Å². The van der Waals surface area contributed by atoms with Gasteiger partial charge < -0.3 is 9.84 Å². The summed E-state index contributed by atoms with van der Waals surface area (Å²) in [6.07, 6.45) is 6.43. The molecule has 0 atom stereocenters. The van der Waals surface area contributed by atoms with Crippen molar-refractivity contribution in [2.45, 2.75) is 31.6 Å². The number of aromatic hydroxyl groups is 1. The van der Waals surface area contributed by atoms with Crippen LogP contribution in [-0.2, 0) is 4.74 Å². The predicted octanol–water partition coefficient (Wildman–Crippen LogP) is 2.71. The van der Waals surface area contributed by atoms with Gasteiger partial charge in [0.1, 0.15) is 11.1 Å². The first-order valence-electron chi connectivity index (χ1n) is 6.50. The number of H-pyrrole nitrogens is 1. The van der Waals surface area contributed by atoms with E-state index in [0.29, 0.717) is 11.4 Å². The summed E-state index contributed by atoms with van der Waals surface area (Å²) in [6, 6.07) is 1.76. The monoisotopic (exact) mass is 260 g/mol. The zero-order valence-electron chi connectivity index (χ0n) is 10.8. The molecular formula is C14H16N2O3. The third kappa shape index (κ3) is 1.85. The van der Waals surface area contributed by atoms with E-state index in [-0.39, 0.29) is 11.3 Å². The molecule has 0 bridgehead atoms. The molecule has 1 aromatic heterocycles. The molecule has 0 aliphatic heterocycles. The van der Waals surface area contributed by atoms with Crippen molar-refractivity contribution in [3.8, 4) is 5.75 Å². The van der Waals surface area contributed by atoms with E-state index in [9.17, 15) is 9.90 Å². The number of phenolic OH excluding ortho intramolecular Hbond substituents is 1. The third-order valence-corrected chi connectivity index (χ3v) is 3.93. The number of nitrogens with one attached hydrogen (secondary N) is 1. The Labute approximate surface area is 110 Å². The number of nitrogens with zero attached hydrogens (tertiary/aromatic N) is 1. The number of carbonyl (C=O) groups excluding carboxylic acids is 1. The lowest BCUT2D eigenvalue weighted by atomic mass is 9.92. The smallest absolute Gasteiger partial charge is 0.341 e. The van der Waals surface area contributed by atoms with Gasteiger partial charge in [0.15, 0.2) is 5.75 Å². The molecule has 0 saturated heterocycles. The third-order valence-electron chi connectivity index (χ3n) is 3.93. The number of aromatic amines is 1. The number of carbonyl (C=O) groups is 1. The fourth-order valence-corrected chi connectivity index (χ4v) is 2.96. The Kier molecular flexibility index (Phi) is 2.89. The molecule has 0 spiro atoms. The van der Waals surface area contributed by atoms with E-state index in [1.165, 1.54) is 20.0 Å². The Bertz CT molecular complexity index is 627. The lowest BCUT2D eigenvalue weighted by molar-refractivity contribution is 0.0597. The Balaban J connectivity index is 2.22. The van der Waals surface area contributed by atoms with Crippen molar-refractivity contribution in [2.75, 3.05) is 7.11 Å². The van der Waals surface area contributed by atoms with Gasteiger partial charge in [-0.3, -0.25) is 5.10 Å². The zero-order valence-corrected chi connectivity index (χ0v) is 10.8. The Morgan fingerprint density at radius 3 is 2.89 bits per heavy atom. The zero-order chi connectivity index (χ0) is 13.4. The molecule has 1 aromatic carbocycles. The number of ether oxygens (including phenoxy) is 1. The second-order valence-corrected chi connectivity index (χ2v) is 4.98. The number of methoxy groups -OCH3 is 1. The number of rotatable bonds is 2. The van der Waals surface area contributed by atoms with E-state index >= 15 is 0 Å². The molecule has 19 heavy (non-hydrogen) atoms. The SMILES string of the molecule is COC(=O)c1cc(C2CCCC2)c2c[nH]nc2c1O. The molecule has 100 valence electrons. The summed E-state index contributed by atoms with van der Waals surface area (Å²) in [4.78, 5) is 11.7. The number of hydrogen-bond acceptors (Lipinski definition) is 4. The molecule has 1 aliphatic rings. The molecule has 1 heterocycles. The van der Waals surface area contributed by atoms with Crippen molar-refractivity contribution in [2.24, 2.45) is 0 Å². The Morgan fingerprint density at radius 1 is 1.47 bits per heavy atom. The standard InChI is InChI=1S/C14H16N2O3/c1-19-14(18)10-6-9(8-4-2-3-5-8)11-7-15-16-12(11)13(10)17/h6-8,17H,2-5H2,1H3,(H,15,16). The molecule has 5 nitrogen and oxygen atoms in total. The van der Waals surface area contributed by atoms with Crippen LogP contribution >= 0.6 is 0 Å². The largest absolute Gasteiger partial charge is 0.505 e. The van der Waals surface area contributed by atoms with Crippen LogP contribution in [0.1, 0.15) is 47.5 Å². The average molecular weight is 260 g/mol. The molecule has 0 amide bonds. The van der Waals surface area contributed by atoms with Crippen molar-refractivity contribution in [3.05, 3.63) is 23.4 Å². The maximum absolute atomic E-state index is 11.7. The second-order valence-electron chi connectivity index (χ2n) is 4.98. The van der Waals surface area contributed by atoms with Crippen LogP contribution in [0.15, 0.2) is 12.3 Å². The molecule has 3 rings (SSSR count). The van der Waals surface area contributed by atoms with E-state index in [1.54, 1.807) is 12.3 Å². The maximum Gasteiger partial charge on any atom is 0.341 e. The highest BCUT2D eigenvalue weighted by Gasteiger charge is 2.25. The van der Waals surface area contributed by atoms with E-state index in [2.05, 4.69) is 10.2 Å². The first-order valence-corrected chi connectivity index (χ1v) is 6.50. The lowest BCUT2D eigenvalue weighted by Gasteiger charge is -2.13. The summed E-state index contributed by atoms with van der Waals surface area (Å²) in [5, 5.41) is 17.8. The van der Waals surface area contributed by atoms with Crippen LogP contribution < -0.4 is 0 Å².